The molecule has 1 aromatic rings. The van der Waals surface area contributed by atoms with Crippen LogP contribution in [0.3, 0.4) is 0 Å². The average molecular weight is 231 g/mol. The number of carboxylic acids is 1. The molecule has 1 atom stereocenters. The second kappa shape index (κ2) is 5.02. The van der Waals surface area contributed by atoms with Gasteiger partial charge in [-0.05, 0) is 11.4 Å². The molecule has 1 rings (SSSR count). The number of carbonyl (C=O) groups is 2. The molecule has 6 heteroatoms. The van der Waals surface area contributed by atoms with Gasteiger partial charge in [0.1, 0.15) is 6.04 Å². The topological polar surface area (TPSA) is 66.4 Å². The SMILES string of the molecule is O=C(N[C@H](CS)C(=O)O)c1cccs1. The molecule has 1 heterocycles. The van der Waals surface area contributed by atoms with E-state index >= 15 is 0 Å². The maximum Gasteiger partial charge on any atom is 0.327 e. The Hall–Kier alpha value is -1.01. The maximum atomic E-state index is 11.4. The molecule has 0 saturated carbocycles. The quantitative estimate of drug-likeness (QED) is 0.673. The molecule has 0 aliphatic heterocycles. The smallest absolute Gasteiger partial charge is 0.327 e. The highest BCUT2D eigenvalue weighted by Gasteiger charge is 2.18. The van der Waals surface area contributed by atoms with Gasteiger partial charge in [-0.25, -0.2) is 4.79 Å². The van der Waals surface area contributed by atoms with E-state index < -0.39 is 12.0 Å². The van der Waals surface area contributed by atoms with Crippen LogP contribution in [0.5, 0.6) is 0 Å². The van der Waals surface area contributed by atoms with E-state index in [0.29, 0.717) is 4.88 Å². The van der Waals surface area contributed by atoms with Crippen LogP contribution in [0, 0.1) is 0 Å². The zero-order chi connectivity index (χ0) is 10.6. The molecule has 76 valence electrons. The third-order valence-corrected chi connectivity index (χ3v) is 2.76. The van der Waals surface area contributed by atoms with Crippen molar-refractivity contribution in [2.24, 2.45) is 0 Å². The second-order valence-corrected chi connectivity index (χ2v) is 3.84. The highest BCUT2D eigenvalue weighted by Crippen LogP contribution is 2.08. The molecule has 14 heavy (non-hydrogen) atoms. The van der Waals surface area contributed by atoms with Gasteiger partial charge >= 0.3 is 5.97 Å². The first-order chi connectivity index (χ1) is 6.65. The van der Waals surface area contributed by atoms with E-state index in [-0.39, 0.29) is 11.7 Å². The lowest BCUT2D eigenvalue weighted by Crippen LogP contribution is -2.41. The molecular formula is C8H9NO3S2. The van der Waals surface area contributed by atoms with E-state index in [0.717, 1.165) is 0 Å². The number of rotatable bonds is 4. The maximum absolute atomic E-state index is 11.4. The third kappa shape index (κ3) is 2.74. The number of thiol groups is 1. The molecule has 0 aliphatic rings. The third-order valence-electron chi connectivity index (χ3n) is 1.53. The van der Waals surface area contributed by atoms with Crippen LogP contribution < -0.4 is 5.32 Å². The first kappa shape index (κ1) is 11.1. The van der Waals surface area contributed by atoms with Crippen molar-refractivity contribution in [2.45, 2.75) is 6.04 Å². The van der Waals surface area contributed by atoms with E-state index in [4.69, 9.17) is 5.11 Å². The summed E-state index contributed by atoms with van der Waals surface area (Å²) in [6, 6.07) is 2.43. The summed E-state index contributed by atoms with van der Waals surface area (Å²) in [7, 11) is 0. The molecule has 0 spiro atoms. The largest absolute Gasteiger partial charge is 0.480 e. The van der Waals surface area contributed by atoms with Gasteiger partial charge in [-0.3, -0.25) is 4.79 Å². The molecule has 0 fully saturated rings. The van der Waals surface area contributed by atoms with E-state index in [1.54, 1.807) is 17.5 Å². The monoisotopic (exact) mass is 231 g/mol. The highest BCUT2D eigenvalue weighted by atomic mass is 32.1. The molecule has 0 bridgehead atoms. The normalized spacial score (nSPS) is 12.1. The van der Waals surface area contributed by atoms with Crippen LogP contribution in [0.2, 0.25) is 0 Å². The van der Waals surface area contributed by atoms with Crippen LogP contribution in [-0.4, -0.2) is 28.8 Å². The van der Waals surface area contributed by atoms with Crippen molar-refractivity contribution in [3.8, 4) is 0 Å². The van der Waals surface area contributed by atoms with Gasteiger partial charge in [0.2, 0.25) is 0 Å². The van der Waals surface area contributed by atoms with Crippen molar-refractivity contribution in [1.82, 2.24) is 5.32 Å². The molecule has 0 unspecified atom stereocenters. The van der Waals surface area contributed by atoms with Gasteiger partial charge in [0, 0.05) is 5.75 Å². The number of carboxylic acid groups (broad SMARTS) is 1. The van der Waals surface area contributed by atoms with Gasteiger partial charge in [0.15, 0.2) is 0 Å². The molecule has 0 saturated heterocycles. The molecule has 0 radical (unpaired) electrons. The molecule has 0 aromatic carbocycles. The zero-order valence-corrected chi connectivity index (χ0v) is 8.85. The molecule has 0 aliphatic carbocycles. The van der Waals surface area contributed by atoms with Gasteiger partial charge < -0.3 is 10.4 Å². The van der Waals surface area contributed by atoms with Crippen LogP contribution in [0.25, 0.3) is 0 Å². The Morgan fingerprint density at radius 2 is 2.36 bits per heavy atom. The van der Waals surface area contributed by atoms with E-state index in [1.165, 1.54) is 11.3 Å². The van der Waals surface area contributed by atoms with Crippen molar-refractivity contribution in [3.63, 3.8) is 0 Å². The van der Waals surface area contributed by atoms with Crippen molar-refractivity contribution in [1.29, 1.82) is 0 Å². The predicted octanol–water partition coefficient (Wildman–Crippen LogP) is 0.861. The summed E-state index contributed by atoms with van der Waals surface area (Å²) in [4.78, 5) is 22.5. The van der Waals surface area contributed by atoms with E-state index in [2.05, 4.69) is 17.9 Å². The lowest BCUT2D eigenvalue weighted by Gasteiger charge is -2.10. The lowest BCUT2D eigenvalue weighted by molar-refractivity contribution is -0.138. The Labute approximate surface area is 90.4 Å². The summed E-state index contributed by atoms with van der Waals surface area (Å²) in [5.74, 6) is -1.38. The minimum absolute atomic E-state index is 0.0758. The van der Waals surface area contributed by atoms with Crippen LogP contribution in [-0.2, 0) is 4.79 Å². The average Bonchev–Trinajstić information content (AvgIpc) is 2.65. The van der Waals surface area contributed by atoms with Crippen LogP contribution in [0.4, 0.5) is 0 Å². The lowest BCUT2D eigenvalue weighted by atomic mass is 10.3. The fourth-order valence-electron chi connectivity index (χ4n) is 0.823. The molecule has 1 aromatic heterocycles. The number of aliphatic carboxylic acids is 1. The van der Waals surface area contributed by atoms with Gasteiger partial charge in [-0.1, -0.05) is 6.07 Å². The Kier molecular flexibility index (Phi) is 3.97. The minimum Gasteiger partial charge on any atom is -0.480 e. The Morgan fingerprint density at radius 3 is 2.79 bits per heavy atom. The van der Waals surface area contributed by atoms with Crippen molar-refractivity contribution in [2.75, 3.05) is 5.75 Å². The fourth-order valence-corrected chi connectivity index (χ4v) is 1.70. The minimum atomic E-state index is -1.08. The summed E-state index contributed by atoms with van der Waals surface area (Å²) in [5.41, 5.74) is 0. The summed E-state index contributed by atoms with van der Waals surface area (Å²) >= 11 is 5.10. The summed E-state index contributed by atoms with van der Waals surface area (Å²) in [5, 5.41) is 12.8. The van der Waals surface area contributed by atoms with Crippen LogP contribution >= 0.6 is 24.0 Å². The molecule has 2 N–H and O–H groups in total. The second-order valence-electron chi connectivity index (χ2n) is 2.52. The van der Waals surface area contributed by atoms with Crippen LogP contribution in [0.1, 0.15) is 9.67 Å². The number of hydrogen-bond donors (Lipinski definition) is 3. The van der Waals surface area contributed by atoms with Gasteiger partial charge in [0.25, 0.3) is 5.91 Å². The molecule has 4 nitrogen and oxygen atoms in total. The Balaban J connectivity index is 2.60. The summed E-state index contributed by atoms with van der Waals surface area (Å²) < 4.78 is 0. The van der Waals surface area contributed by atoms with Crippen LogP contribution in [0.15, 0.2) is 17.5 Å². The van der Waals surface area contributed by atoms with Gasteiger partial charge in [-0.2, -0.15) is 12.6 Å². The van der Waals surface area contributed by atoms with E-state index in [9.17, 15) is 9.59 Å². The Morgan fingerprint density at radius 1 is 1.64 bits per heavy atom. The number of nitrogens with one attached hydrogen (secondary N) is 1. The number of hydrogen-bond acceptors (Lipinski definition) is 4. The molecular weight excluding hydrogens is 222 g/mol. The van der Waals surface area contributed by atoms with Gasteiger partial charge in [0.05, 0.1) is 4.88 Å². The standard InChI is InChI=1S/C8H9NO3S2/c10-7(6-2-1-3-14-6)9-5(4-13)8(11)12/h1-3,5,13H,4H2,(H,9,10)(H,11,12)/t5-/m1/s1. The van der Waals surface area contributed by atoms with Crippen molar-refractivity contribution in [3.05, 3.63) is 22.4 Å². The first-order valence-electron chi connectivity index (χ1n) is 3.83. The molecule has 1 amide bonds. The fraction of sp³-hybridized carbons (Fsp3) is 0.250. The number of carbonyl (C=O) groups excluding carboxylic acids is 1. The number of thiophene rings is 1. The highest BCUT2D eigenvalue weighted by molar-refractivity contribution is 7.80. The van der Waals surface area contributed by atoms with Gasteiger partial charge in [-0.15, -0.1) is 11.3 Å². The zero-order valence-electron chi connectivity index (χ0n) is 7.14. The summed E-state index contributed by atoms with van der Waals surface area (Å²) in [6.07, 6.45) is 0. The van der Waals surface area contributed by atoms with E-state index in [1.807, 2.05) is 0 Å². The predicted molar refractivity (Wildman–Crippen MR) is 57.1 cm³/mol. The Bertz CT molecular complexity index is 323. The summed E-state index contributed by atoms with van der Waals surface area (Å²) in [6.45, 7) is 0. The van der Waals surface area contributed by atoms with Crippen molar-refractivity contribution < 1.29 is 14.7 Å². The first-order valence-corrected chi connectivity index (χ1v) is 5.34. The van der Waals surface area contributed by atoms with Crippen molar-refractivity contribution >= 4 is 35.8 Å². The number of amides is 1.